The molecule has 1 amide bonds. The Balaban J connectivity index is 0.00000529. The molecule has 0 radical (unpaired) electrons. The van der Waals surface area contributed by atoms with Crippen molar-refractivity contribution >= 4 is 18.3 Å². The van der Waals surface area contributed by atoms with Gasteiger partial charge in [-0.2, -0.15) is 13.2 Å². The summed E-state index contributed by atoms with van der Waals surface area (Å²) in [5.41, 5.74) is 4.60. The number of ether oxygens (including phenoxy) is 1. The van der Waals surface area contributed by atoms with Crippen LogP contribution in [0.5, 0.6) is 5.75 Å². The predicted octanol–water partition coefficient (Wildman–Crippen LogP) is 3.66. The van der Waals surface area contributed by atoms with Crippen LogP contribution >= 0.6 is 12.4 Å². The molecular weight excluding hydrogens is 345 g/mol. The van der Waals surface area contributed by atoms with E-state index in [9.17, 15) is 18.0 Å². The van der Waals surface area contributed by atoms with Crippen LogP contribution < -0.4 is 15.8 Å². The van der Waals surface area contributed by atoms with Crippen molar-refractivity contribution in [3.05, 3.63) is 29.3 Å². The van der Waals surface area contributed by atoms with Crippen molar-refractivity contribution in [3.63, 3.8) is 0 Å². The lowest BCUT2D eigenvalue weighted by Crippen LogP contribution is -2.24. The number of carbonyl (C=O) groups is 1. The highest BCUT2D eigenvalue weighted by atomic mass is 35.5. The van der Waals surface area contributed by atoms with Crippen LogP contribution in [-0.4, -0.2) is 19.6 Å². The fourth-order valence-electron chi connectivity index (χ4n) is 2.17. The Morgan fingerprint density at radius 1 is 1.21 bits per heavy atom. The minimum absolute atomic E-state index is 0. The summed E-state index contributed by atoms with van der Waals surface area (Å²) in [5.74, 6) is -0.117. The van der Waals surface area contributed by atoms with Crippen LogP contribution in [0.25, 0.3) is 0 Å². The second kappa shape index (κ2) is 11.1. The predicted molar refractivity (Wildman–Crippen MR) is 89.2 cm³/mol. The second-order valence-corrected chi connectivity index (χ2v) is 5.25. The van der Waals surface area contributed by atoms with Gasteiger partial charge in [0.2, 0.25) is 5.91 Å². The summed E-state index contributed by atoms with van der Waals surface area (Å²) in [6, 6.07) is 3.71. The molecule has 0 heterocycles. The normalized spacial score (nSPS) is 10.9. The van der Waals surface area contributed by atoms with Crippen LogP contribution in [0.3, 0.4) is 0 Å². The van der Waals surface area contributed by atoms with Crippen LogP contribution in [-0.2, 0) is 17.5 Å². The largest absolute Gasteiger partial charge is 0.497 e. The molecule has 0 bridgehead atoms. The van der Waals surface area contributed by atoms with E-state index in [-0.39, 0.29) is 36.2 Å². The van der Waals surface area contributed by atoms with Crippen molar-refractivity contribution in [2.75, 3.05) is 13.7 Å². The number of hydrogen-bond donors (Lipinski definition) is 2. The maximum atomic E-state index is 13.0. The summed E-state index contributed by atoms with van der Waals surface area (Å²) in [4.78, 5) is 11.7. The molecule has 0 saturated heterocycles. The third-order valence-corrected chi connectivity index (χ3v) is 3.46. The van der Waals surface area contributed by atoms with Crippen LogP contribution in [0.2, 0.25) is 0 Å². The van der Waals surface area contributed by atoms with Crippen molar-refractivity contribution in [2.45, 2.75) is 44.8 Å². The van der Waals surface area contributed by atoms with Gasteiger partial charge in [-0.3, -0.25) is 4.79 Å². The molecule has 0 aliphatic rings. The SMILES string of the molecule is COc1ccc(CNC(=O)CCCCCCN)c(C(F)(F)F)c1.Cl. The van der Waals surface area contributed by atoms with Crippen molar-refractivity contribution in [1.29, 1.82) is 0 Å². The van der Waals surface area contributed by atoms with Gasteiger partial charge in [0.05, 0.1) is 12.7 Å². The maximum Gasteiger partial charge on any atom is 0.416 e. The van der Waals surface area contributed by atoms with Gasteiger partial charge in [0, 0.05) is 13.0 Å². The average molecular weight is 369 g/mol. The number of nitrogens with one attached hydrogen (secondary N) is 1. The quantitative estimate of drug-likeness (QED) is 0.654. The molecule has 24 heavy (non-hydrogen) atoms. The van der Waals surface area contributed by atoms with Crippen molar-refractivity contribution in [3.8, 4) is 5.75 Å². The topological polar surface area (TPSA) is 64.3 Å². The number of amides is 1. The first-order valence-corrected chi connectivity index (χ1v) is 7.59. The molecule has 0 unspecified atom stereocenters. The van der Waals surface area contributed by atoms with E-state index in [4.69, 9.17) is 10.5 Å². The highest BCUT2D eigenvalue weighted by molar-refractivity contribution is 5.85. The number of carbonyl (C=O) groups excluding carboxylic acids is 1. The van der Waals surface area contributed by atoms with Crippen molar-refractivity contribution < 1.29 is 22.7 Å². The molecule has 0 spiro atoms. The van der Waals surface area contributed by atoms with E-state index >= 15 is 0 Å². The Hall–Kier alpha value is -1.47. The smallest absolute Gasteiger partial charge is 0.416 e. The fourth-order valence-corrected chi connectivity index (χ4v) is 2.17. The molecule has 0 atom stereocenters. The highest BCUT2D eigenvalue weighted by Crippen LogP contribution is 2.34. The minimum atomic E-state index is -4.49. The summed E-state index contributed by atoms with van der Waals surface area (Å²) in [5, 5.41) is 2.54. The van der Waals surface area contributed by atoms with E-state index in [1.165, 1.54) is 19.2 Å². The van der Waals surface area contributed by atoms with E-state index in [1.54, 1.807) is 0 Å². The monoisotopic (exact) mass is 368 g/mol. The highest BCUT2D eigenvalue weighted by Gasteiger charge is 2.33. The molecule has 0 aromatic heterocycles. The van der Waals surface area contributed by atoms with E-state index in [0.29, 0.717) is 19.4 Å². The Labute approximate surface area is 146 Å². The van der Waals surface area contributed by atoms with Gasteiger partial charge >= 0.3 is 6.18 Å². The number of nitrogens with two attached hydrogens (primary N) is 1. The first kappa shape index (κ1) is 22.5. The molecule has 0 saturated carbocycles. The lowest BCUT2D eigenvalue weighted by Gasteiger charge is -2.15. The number of halogens is 4. The van der Waals surface area contributed by atoms with E-state index < -0.39 is 11.7 Å². The molecule has 0 aliphatic carbocycles. The van der Waals surface area contributed by atoms with Gasteiger partial charge in [-0.05, 0) is 37.1 Å². The van der Waals surface area contributed by atoms with Crippen molar-refractivity contribution in [1.82, 2.24) is 5.32 Å². The van der Waals surface area contributed by atoms with Crippen LogP contribution in [0.4, 0.5) is 13.2 Å². The minimum Gasteiger partial charge on any atom is -0.497 e. The van der Waals surface area contributed by atoms with Gasteiger partial charge in [0.25, 0.3) is 0 Å². The number of alkyl halides is 3. The average Bonchev–Trinajstić information content (AvgIpc) is 2.51. The zero-order valence-corrected chi connectivity index (χ0v) is 14.4. The summed E-state index contributed by atoms with van der Waals surface area (Å²) in [6.07, 6.45) is -0.705. The molecular formula is C16H24ClF3N2O2. The summed E-state index contributed by atoms with van der Waals surface area (Å²) in [6.45, 7) is 0.477. The summed E-state index contributed by atoms with van der Waals surface area (Å²) >= 11 is 0. The molecule has 4 nitrogen and oxygen atoms in total. The van der Waals surface area contributed by atoms with Gasteiger partial charge in [0.1, 0.15) is 5.75 Å². The first-order valence-electron chi connectivity index (χ1n) is 7.59. The summed E-state index contributed by atoms with van der Waals surface area (Å²) < 4.78 is 43.9. The van der Waals surface area contributed by atoms with E-state index in [2.05, 4.69) is 5.32 Å². The maximum absolute atomic E-state index is 13.0. The summed E-state index contributed by atoms with van der Waals surface area (Å²) in [7, 11) is 1.31. The molecule has 1 aromatic rings. The van der Waals surface area contributed by atoms with E-state index in [1.807, 2.05) is 0 Å². The molecule has 0 aliphatic heterocycles. The molecule has 1 rings (SSSR count). The van der Waals surface area contributed by atoms with Gasteiger partial charge in [-0.1, -0.05) is 18.9 Å². The van der Waals surface area contributed by atoms with Crippen LogP contribution in [0, 0.1) is 0 Å². The van der Waals surface area contributed by atoms with Gasteiger partial charge in [0.15, 0.2) is 0 Å². The first-order chi connectivity index (χ1) is 10.9. The van der Waals surface area contributed by atoms with Crippen LogP contribution in [0.1, 0.15) is 43.2 Å². The van der Waals surface area contributed by atoms with Gasteiger partial charge in [-0.25, -0.2) is 0 Å². The Morgan fingerprint density at radius 2 is 1.88 bits per heavy atom. The van der Waals surface area contributed by atoms with Crippen molar-refractivity contribution in [2.24, 2.45) is 5.73 Å². The van der Waals surface area contributed by atoms with Crippen LogP contribution in [0.15, 0.2) is 18.2 Å². The molecule has 8 heteroatoms. The number of rotatable bonds is 9. The molecule has 1 aromatic carbocycles. The lowest BCUT2D eigenvalue weighted by molar-refractivity contribution is -0.138. The zero-order valence-electron chi connectivity index (χ0n) is 13.6. The fraction of sp³-hybridized carbons (Fsp3) is 0.562. The molecule has 138 valence electrons. The second-order valence-electron chi connectivity index (χ2n) is 5.25. The molecule has 3 N–H and O–H groups in total. The van der Waals surface area contributed by atoms with E-state index in [0.717, 1.165) is 25.3 Å². The van der Waals surface area contributed by atoms with Gasteiger partial charge < -0.3 is 15.8 Å². The third-order valence-electron chi connectivity index (χ3n) is 3.46. The number of methoxy groups -OCH3 is 1. The third kappa shape index (κ3) is 7.88. The Bertz CT molecular complexity index is 511. The Kier molecular flexibility index (Phi) is 10.5. The zero-order chi connectivity index (χ0) is 17.3. The number of benzene rings is 1. The number of unbranched alkanes of at least 4 members (excludes halogenated alkanes) is 3. The standard InChI is InChI=1S/C16H23F3N2O2.ClH/c1-23-13-8-7-12(14(10-13)16(17,18)19)11-21-15(22)6-4-2-3-5-9-20;/h7-8,10H,2-6,9,11,20H2,1H3,(H,21,22);1H. The molecule has 0 fully saturated rings. The lowest BCUT2D eigenvalue weighted by atomic mass is 10.1. The Morgan fingerprint density at radius 3 is 2.46 bits per heavy atom. The number of hydrogen-bond acceptors (Lipinski definition) is 3. The van der Waals surface area contributed by atoms with Gasteiger partial charge in [-0.15, -0.1) is 12.4 Å².